The average molecular weight is 270 g/mol. The highest BCUT2D eigenvalue weighted by Crippen LogP contribution is 2.30. The van der Waals surface area contributed by atoms with E-state index in [1.165, 1.54) is 0 Å². The molecule has 0 saturated carbocycles. The second-order valence-corrected chi connectivity index (χ2v) is 4.55. The lowest BCUT2D eigenvalue weighted by molar-refractivity contribution is 0.100. The first-order chi connectivity index (χ1) is 7.08. The van der Waals surface area contributed by atoms with Crippen molar-refractivity contribution >= 4 is 27.5 Å². The fraction of sp³-hybridized carbons (Fsp3) is 0.300. The van der Waals surface area contributed by atoms with Gasteiger partial charge in [0.1, 0.15) is 0 Å². The van der Waals surface area contributed by atoms with Crippen LogP contribution < -0.4 is 16.4 Å². The minimum Gasteiger partial charge on any atom is -0.367 e. The maximum absolute atomic E-state index is 10.9. The summed E-state index contributed by atoms with van der Waals surface area (Å²) in [5.41, 5.74) is 12.5. The van der Waals surface area contributed by atoms with Crippen LogP contribution in [0, 0.1) is 0 Å². The van der Waals surface area contributed by atoms with Gasteiger partial charge in [0.2, 0.25) is 5.91 Å². The van der Waals surface area contributed by atoms with Crippen molar-refractivity contribution in [3.63, 3.8) is 0 Å². The largest absolute Gasteiger partial charge is 0.367 e. The second kappa shape index (κ2) is 3.83. The van der Waals surface area contributed by atoms with Gasteiger partial charge in [0.05, 0.1) is 5.69 Å². The molecule has 1 heterocycles. The number of nitrogens with two attached hydrogens (primary N) is 2. The molecule has 0 spiro atoms. The molecule has 0 atom stereocenters. The molecule has 5 heteroatoms. The van der Waals surface area contributed by atoms with Crippen molar-refractivity contribution in [2.24, 2.45) is 11.5 Å². The molecule has 15 heavy (non-hydrogen) atoms. The molecule has 0 aliphatic carbocycles. The number of halogens is 1. The van der Waals surface area contributed by atoms with Gasteiger partial charge < -0.3 is 16.4 Å². The average Bonchev–Trinajstić information content (AvgIpc) is 2.13. The monoisotopic (exact) mass is 269 g/mol. The van der Waals surface area contributed by atoms with E-state index < -0.39 is 5.91 Å². The minimum absolute atomic E-state index is 0.257. The Morgan fingerprint density at radius 2 is 2.13 bits per heavy atom. The first-order valence-corrected chi connectivity index (χ1v) is 5.47. The van der Waals surface area contributed by atoms with Crippen LogP contribution in [0.25, 0.3) is 0 Å². The van der Waals surface area contributed by atoms with Crippen LogP contribution in [-0.2, 0) is 0 Å². The number of rotatable bonds is 2. The predicted molar refractivity (Wildman–Crippen MR) is 62.8 cm³/mol. The second-order valence-electron chi connectivity index (χ2n) is 3.70. The van der Waals surface area contributed by atoms with E-state index >= 15 is 0 Å². The number of carbonyl (C=O) groups excluding carboxylic acids is 1. The van der Waals surface area contributed by atoms with E-state index in [2.05, 4.69) is 20.8 Å². The van der Waals surface area contributed by atoms with Gasteiger partial charge in [-0.2, -0.15) is 0 Å². The fourth-order valence-corrected chi connectivity index (χ4v) is 2.26. The third kappa shape index (κ3) is 1.98. The van der Waals surface area contributed by atoms with Crippen LogP contribution in [0.5, 0.6) is 0 Å². The third-order valence-corrected chi connectivity index (χ3v) is 3.12. The van der Waals surface area contributed by atoms with E-state index in [0.29, 0.717) is 5.56 Å². The summed E-state index contributed by atoms with van der Waals surface area (Å²) in [6.45, 7) is 1.71. The maximum Gasteiger partial charge on any atom is 0.248 e. The molecule has 0 bridgehead atoms. The number of benzene rings is 1. The summed E-state index contributed by atoms with van der Waals surface area (Å²) in [7, 11) is 0. The van der Waals surface area contributed by atoms with E-state index in [0.717, 1.165) is 23.2 Å². The van der Waals surface area contributed by atoms with Crippen molar-refractivity contribution in [2.45, 2.75) is 6.04 Å². The summed E-state index contributed by atoms with van der Waals surface area (Å²) in [6, 6.07) is 5.61. The van der Waals surface area contributed by atoms with Gasteiger partial charge >= 0.3 is 0 Å². The van der Waals surface area contributed by atoms with Gasteiger partial charge in [-0.3, -0.25) is 4.79 Å². The number of hydrogen-bond acceptors (Lipinski definition) is 3. The van der Waals surface area contributed by atoms with Crippen molar-refractivity contribution in [1.82, 2.24) is 0 Å². The third-order valence-electron chi connectivity index (χ3n) is 2.48. The normalized spacial score (nSPS) is 16.3. The van der Waals surface area contributed by atoms with E-state index in [9.17, 15) is 4.79 Å². The fourth-order valence-electron chi connectivity index (χ4n) is 1.63. The highest BCUT2D eigenvalue weighted by molar-refractivity contribution is 9.10. The van der Waals surface area contributed by atoms with Gasteiger partial charge in [0, 0.05) is 29.2 Å². The molecule has 1 saturated heterocycles. The molecule has 1 aliphatic heterocycles. The van der Waals surface area contributed by atoms with E-state index in [4.69, 9.17) is 11.5 Å². The standard InChI is InChI=1S/C10H12BrN3O/c11-8-3-6(10(13)15)1-2-9(8)14-4-7(12)5-14/h1-3,7H,4-5,12H2,(H2,13,15). The highest BCUT2D eigenvalue weighted by atomic mass is 79.9. The molecule has 1 amide bonds. The van der Waals surface area contributed by atoms with Gasteiger partial charge in [0.15, 0.2) is 0 Å². The number of amides is 1. The van der Waals surface area contributed by atoms with Crippen molar-refractivity contribution < 1.29 is 4.79 Å². The predicted octanol–water partition coefficient (Wildman–Crippen LogP) is 0.695. The summed E-state index contributed by atoms with van der Waals surface area (Å²) in [6.07, 6.45) is 0. The van der Waals surface area contributed by atoms with E-state index in [1.807, 2.05) is 6.07 Å². The van der Waals surface area contributed by atoms with E-state index in [-0.39, 0.29) is 6.04 Å². The molecule has 4 N–H and O–H groups in total. The Hall–Kier alpha value is -1.07. The molecule has 2 rings (SSSR count). The highest BCUT2D eigenvalue weighted by Gasteiger charge is 2.24. The number of carbonyl (C=O) groups is 1. The smallest absolute Gasteiger partial charge is 0.248 e. The lowest BCUT2D eigenvalue weighted by atomic mass is 10.1. The van der Waals surface area contributed by atoms with Crippen LogP contribution in [-0.4, -0.2) is 25.0 Å². The molecular weight excluding hydrogens is 258 g/mol. The zero-order chi connectivity index (χ0) is 11.0. The Labute approximate surface area is 96.4 Å². The van der Waals surface area contributed by atoms with E-state index in [1.54, 1.807) is 12.1 Å². The molecule has 0 unspecified atom stereocenters. The first kappa shape index (κ1) is 10.4. The van der Waals surface area contributed by atoms with Crippen molar-refractivity contribution in [2.75, 3.05) is 18.0 Å². The van der Waals surface area contributed by atoms with Gasteiger partial charge in [-0.25, -0.2) is 0 Å². The number of nitrogens with zero attached hydrogens (tertiary/aromatic N) is 1. The summed E-state index contributed by atoms with van der Waals surface area (Å²) in [5.74, 6) is -0.414. The Kier molecular flexibility index (Phi) is 2.67. The SMILES string of the molecule is NC(=O)c1ccc(N2CC(N)C2)c(Br)c1. The van der Waals surface area contributed by atoms with Crippen LogP contribution in [0.4, 0.5) is 5.69 Å². The summed E-state index contributed by atoms with van der Waals surface area (Å²) < 4.78 is 0.880. The van der Waals surface area contributed by atoms with Gasteiger partial charge in [0.25, 0.3) is 0 Å². The van der Waals surface area contributed by atoms with Crippen LogP contribution in [0.3, 0.4) is 0 Å². The topological polar surface area (TPSA) is 72.4 Å². The molecule has 1 fully saturated rings. The minimum atomic E-state index is -0.414. The molecule has 0 radical (unpaired) electrons. The van der Waals surface area contributed by atoms with Crippen molar-refractivity contribution in [3.8, 4) is 0 Å². The Morgan fingerprint density at radius 3 is 2.60 bits per heavy atom. The van der Waals surface area contributed by atoms with Crippen LogP contribution in [0.2, 0.25) is 0 Å². The molecule has 0 aromatic heterocycles. The number of hydrogen-bond donors (Lipinski definition) is 2. The molecule has 4 nitrogen and oxygen atoms in total. The summed E-state index contributed by atoms with van der Waals surface area (Å²) in [4.78, 5) is 13.1. The van der Waals surface area contributed by atoms with Gasteiger partial charge in [-0.1, -0.05) is 0 Å². The Morgan fingerprint density at radius 1 is 1.47 bits per heavy atom. The van der Waals surface area contributed by atoms with Crippen molar-refractivity contribution in [1.29, 1.82) is 0 Å². The summed E-state index contributed by atoms with van der Waals surface area (Å²) >= 11 is 3.42. The van der Waals surface area contributed by atoms with Crippen LogP contribution in [0.1, 0.15) is 10.4 Å². The zero-order valence-corrected chi connectivity index (χ0v) is 9.70. The van der Waals surface area contributed by atoms with Gasteiger partial charge in [-0.15, -0.1) is 0 Å². The van der Waals surface area contributed by atoms with Gasteiger partial charge in [-0.05, 0) is 34.1 Å². The molecule has 1 aromatic rings. The first-order valence-electron chi connectivity index (χ1n) is 4.68. The maximum atomic E-state index is 10.9. The molecular formula is C10H12BrN3O. The van der Waals surface area contributed by atoms with Crippen LogP contribution >= 0.6 is 15.9 Å². The lowest BCUT2D eigenvalue weighted by Crippen LogP contribution is -2.56. The van der Waals surface area contributed by atoms with Crippen molar-refractivity contribution in [3.05, 3.63) is 28.2 Å². The quantitative estimate of drug-likeness (QED) is 0.830. The Bertz CT molecular complexity index is 402. The Balaban J connectivity index is 2.23. The molecule has 1 aromatic carbocycles. The molecule has 80 valence electrons. The summed E-state index contributed by atoms with van der Waals surface area (Å²) in [5, 5.41) is 0. The van der Waals surface area contributed by atoms with Crippen LogP contribution in [0.15, 0.2) is 22.7 Å². The number of primary amides is 1. The lowest BCUT2D eigenvalue weighted by Gasteiger charge is -2.39. The number of anilines is 1. The molecule has 1 aliphatic rings. The zero-order valence-electron chi connectivity index (χ0n) is 8.11.